The molecular weight excluding hydrogens is 1220 g/mol. The molecule has 1 aromatic carbocycles. The van der Waals surface area contributed by atoms with Gasteiger partial charge in [0.1, 0.15) is 0 Å². The molecule has 0 radical (unpaired) electrons. The van der Waals surface area contributed by atoms with E-state index < -0.39 is 0 Å². The second kappa shape index (κ2) is 49.0. The topological polar surface area (TPSA) is 212 Å². The van der Waals surface area contributed by atoms with Crippen molar-refractivity contribution in [3.05, 3.63) is 35.9 Å². The molecule has 524 valence electrons. The van der Waals surface area contributed by atoms with Crippen molar-refractivity contribution in [1.29, 1.82) is 36.8 Å². The number of hydrogen-bond donors (Lipinski definition) is 0. The maximum Gasteiger partial charge on any atom is 0.0878 e. The van der Waals surface area contributed by atoms with E-state index in [9.17, 15) is 0 Å². The molecule has 7 aliphatic heterocycles. The molecule has 1 aliphatic carbocycles. The summed E-state index contributed by atoms with van der Waals surface area (Å²) in [6.07, 6.45) is 41.9. The van der Waals surface area contributed by atoms with Gasteiger partial charge in [0.2, 0.25) is 0 Å². The number of rotatable bonds is 18. The lowest BCUT2D eigenvalue weighted by Crippen LogP contribution is -2.57. The van der Waals surface area contributed by atoms with Gasteiger partial charge in [-0.3, -0.25) is 68.6 Å². The zero-order valence-corrected chi connectivity index (χ0v) is 59.6. The van der Waals surface area contributed by atoms with Crippen molar-refractivity contribution in [3.63, 3.8) is 0 Å². The van der Waals surface area contributed by atoms with Gasteiger partial charge in [-0.1, -0.05) is 119 Å². The van der Waals surface area contributed by atoms with Crippen LogP contribution in [0.25, 0.3) is 0 Å². The van der Waals surface area contributed by atoms with Crippen LogP contribution in [0, 0.1) is 177 Å². The van der Waals surface area contributed by atoms with Crippen molar-refractivity contribution >= 4 is 0 Å². The molecule has 0 N–H and O–H groups in total. The van der Waals surface area contributed by atoms with Crippen molar-refractivity contribution in [2.45, 2.75) is 96.8 Å². The average molecular weight is 1330 g/mol. The Morgan fingerprint density at radius 3 is 1.19 bits per heavy atom. The minimum Gasteiger partial charge on any atom is -0.298 e. The number of nitriles is 7. The highest BCUT2D eigenvalue weighted by atomic mass is 15.4. The quantitative estimate of drug-likeness (QED) is 0.145. The monoisotopic (exact) mass is 1330 g/mol. The van der Waals surface area contributed by atoms with Crippen LogP contribution < -0.4 is 0 Å². The van der Waals surface area contributed by atoms with Gasteiger partial charge in [0.05, 0.1) is 166 Å². The first-order valence-corrected chi connectivity index (χ1v) is 35.2. The van der Waals surface area contributed by atoms with Gasteiger partial charge in [0.25, 0.3) is 0 Å². The Morgan fingerprint density at radius 2 is 0.765 bits per heavy atom. The summed E-state index contributed by atoms with van der Waals surface area (Å²) >= 11 is 0. The predicted molar refractivity (Wildman–Crippen MR) is 388 cm³/mol. The standard InChI is InChI=1S/C15H23N3.C15H17N3.C13H20N4.C13H22N4.C11H17N3.C10H12N4/c2*1-2-9-17-11-15(12-18(13-17)10-8-16)14-6-4-3-5-7-14;1-2-6-15-10-13(17-7-3-4-8-17)11-16(12-15)9-5-14;1-4-8-15-10-13(17(5-2)6-3)11-16(12-15)9-7-14;1-4-6-13-8-10(2)9-14(7-5-12)11(13)3;1-2-4-13-7-10(6-12)8-14(9-13)5-3-11/h1,14-15H,3-7,9-13H2;1,3-7,15H,9-13H2;1,13H,3-4,6-12H2;1,13H,5-6,8-12H2,2-3H3;1,10-11H,6-9H2,2-3H3;1,10H,4-5,7-9H2. The van der Waals surface area contributed by atoms with E-state index in [1.54, 1.807) is 0 Å². The summed E-state index contributed by atoms with van der Waals surface area (Å²) < 4.78 is 0. The van der Waals surface area contributed by atoms with Crippen LogP contribution in [-0.2, 0) is 0 Å². The molecule has 9 rings (SSSR count). The lowest BCUT2D eigenvalue weighted by molar-refractivity contribution is 0.00784. The number of likely N-dealkylation sites (N-methyl/N-ethyl adjacent to an activating group) is 1. The van der Waals surface area contributed by atoms with Gasteiger partial charge in [-0.05, 0) is 69.3 Å². The minimum atomic E-state index is -0.0366. The summed E-state index contributed by atoms with van der Waals surface area (Å²) in [7, 11) is 0. The number of terminal acetylenes is 6. The molecule has 0 spiro atoms. The fourth-order valence-corrected chi connectivity index (χ4v) is 14.9. The van der Waals surface area contributed by atoms with Gasteiger partial charge < -0.3 is 0 Å². The van der Waals surface area contributed by atoms with E-state index in [2.05, 4.69) is 189 Å². The summed E-state index contributed by atoms with van der Waals surface area (Å²) in [6, 6.07) is 26.9. The highest BCUT2D eigenvalue weighted by Crippen LogP contribution is 2.33. The molecule has 98 heavy (non-hydrogen) atoms. The second-order valence-electron chi connectivity index (χ2n) is 27.0. The molecule has 0 aromatic heterocycles. The van der Waals surface area contributed by atoms with E-state index >= 15 is 0 Å². The van der Waals surface area contributed by atoms with E-state index in [4.69, 9.17) is 75.4 Å². The third-order valence-corrected chi connectivity index (χ3v) is 19.3. The van der Waals surface area contributed by atoms with Crippen LogP contribution in [-0.4, -0.2) is 303 Å². The molecule has 8 fully saturated rings. The molecule has 0 amide bonds. The van der Waals surface area contributed by atoms with Gasteiger partial charge in [0.15, 0.2) is 0 Å². The molecule has 7 saturated heterocycles. The Kier molecular flexibility index (Phi) is 41.5. The normalized spacial score (nSPS) is 25.2. The third kappa shape index (κ3) is 30.3. The van der Waals surface area contributed by atoms with Gasteiger partial charge in [0, 0.05) is 96.5 Å². The molecule has 21 nitrogen and oxygen atoms in total. The number of hydrogen-bond acceptors (Lipinski definition) is 21. The number of nitrogens with zero attached hydrogens (tertiary/aromatic N) is 21. The lowest BCUT2D eigenvalue weighted by atomic mass is 9.79. The average Bonchev–Trinajstić information content (AvgIpc) is 1.55. The zero-order valence-electron chi connectivity index (χ0n) is 59.6. The van der Waals surface area contributed by atoms with Crippen LogP contribution in [0.4, 0.5) is 0 Å². The fraction of sp³-hybridized carbons (Fsp3) is 0.675. The van der Waals surface area contributed by atoms with Crippen molar-refractivity contribution in [2.24, 2.45) is 23.7 Å². The SMILES string of the molecule is C#CCN1CC(C#N)CN(CC#N)C1.C#CCN1CC(C)CN(CC#N)C1C.C#CCN1CC(C2CCCCC2)CN(CC#N)C1.C#CCN1CC(N(CC)CC)CN(CC#N)C1.C#CCN1CC(N2CCCC2)CN(CC#N)C1.C#CCN1CC(c2ccccc2)CN(CC#N)C1. The highest BCUT2D eigenvalue weighted by Gasteiger charge is 2.34. The first-order chi connectivity index (χ1) is 47.7. The predicted octanol–water partition coefficient (Wildman–Crippen LogP) is 4.63. The Labute approximate surface area is 592 Å². The molecule has 1 aromatic rings. The van der Waals surface area contributed by atoms with E-state index in [1.807, 2.05) is 15.9 Å². The zero-order chi connectivity index (χ0) is 71.3. The molecule has 8 aliphatic rings. The van der Waals surface area contributed by atoms with Crippen LogP contribution in [0.2, 0.25) is 0 Å². The molecule has 1 saturated carbocycles. The van der Waals surface area contributed by atoms with Gasteiger partial charge >= 0.3 is 0 Å². The molecular formula is C77H111N21. The molecule has 0 bridgehead atoms. The summed E-state index contributed by atoms with van der Waals surface area (Å²) in [5.41, 5.74) is 1.32. The van der Waals surface area contributed by atoms with Gasteiger partial charge in [-0.25, -0.2) is 0 Å². The largest absolute Gasteiger partial charge is 0.298 e. The molecule has 7 unspecified atom stereocenters. The summed E-state index contributed by atoms with van der Waals surface area (Å²) in [5, 5.41) is 61.4. The summed E-state index contributed by atoms with van der Waals surface area (Å²) in [4.78, 5) is 31.2. The van der Waals surface area contributed by atoms with E-state index in [0.717, 1.165) is 111 Å². The Balaban J connectivity index is 0.000000251. The van der Waals surface area contributed by atoms with Gasteiger partial charge in [-0.2, -0.15) is 36.8 Å². The van der Waals surface area contributed by atoms with E-state index in [-0.39, 0.29) is 5.92 Å². The third-order valence-electron chi connectivity index (χ3n) is 19.3. The minimum absolute atomic E-state index is 0.0366. The van der Waals surface area contributed by atoms with Crippen LogP contribution in [0.15, 0.2) is 30.3 Å². The van der Waals surface area contributed by atoms with Crippen molar-refractivity contribution in [2.75, 3.05) is 217 Å². The summed E-state index contributed by atoms with van der Waals surface area (Å²) in [6.45, 7) is 35.5. The van der Waals surface area contributed by atoms with Crippen LogP contribution >= 0.6 is 0 Å². The molecule has 7 heterocycles. The first kappa shape index (κ1) is 82.9. The van der Waals surface area contributed by atoms with E-state index in [1.165, 1.54) is 63.6 Å². The Morgan fingerprint density at radius 1 is 0.398 bits per heavy atom. The highest BCUT2D eigenvalue weighted by molar-refractivity contribution is 5.21. The smallest absolute Gasteiger partial charge is 0.0878 e. The van der Waals surface area contributed by atoms with Gasteiger partial charge in [-0.15, -0.1) is 38.5 Å². The maximum atomic E-state index is 8.88. The number of likely N-dealkylation sites (tertiary alicyclic amines) is 1. The van der Waals surface area contributed by atoms with Crippen LogP contribution in [0.1, 0.15) is 84.1 Å². The fourth-order valence-electron chi connectivity index (χ4n) is 14.9. The van der Waals surface area contributed by atoms with Crippen molar-refractivity contribution < 1.29 is 0 Å². The van der Waals surface area contributed by atoms with Crippen LogP contribution in [0.3, 0.4) is 0 Å². The maximum absolute atomic E-state index is 8.88. The number of benzene rings is 1. The van der Waals surface area contributed by atoms with Crippen LogP contribution in [0.5, 0.6) is 0 Å². The van der Waals surface area contributed by atoms with E-state index in [0.29, 0.717) is 134 Å². The second-order valence-corrected chi connectivity index (χ2v) is 27.0. The molecule has 21 heteroatoms. The lowest BCUT2D eigenvalue weighted by Gasteiger charge is -2.43. The summed E-state index contributed by atoms with van der Waals surface area (Å²) in [5.74, 6) is 18.6. The Hall–Kier alpha value is -7.55. The first-order valence-electron chi connectivity index (χ1n) is 35.2. The van der Waals surface area contributed by atoms with Crippen molar-refractivity contribution in [3.8, 4) is 117 Å². The van der Waals surface area contributed by atoms with Crippen molar-refractivity contribution in [1.82, 2.24) is 68.6 Å². The Bertz CT molecular complexity index is 2810. The molecule has 7 atom stereocenters.